The first kappa shape index (κ1) is 13.3. The minimum Gasteiger partial charge on any atom is -0.497 e. The summed E-state index contributed by atoms with van der Waals surface area (Å²) in [6.45, 7) is 0. The molecule has 0 saturated heterocycles. The van der Waals surface area contributed by atoms with Crippen LogP contribution < -0.4 is 4.74 Å². The molecule has 7 heteroatoms. The van der Waals surface area contributed by atoms with E-state index in [-0.39, 0.29) is 5.75 Å². The van der Waals surface area contributed by atoms with Crippen LogP contribution in [-0.2, 0) is 22.2 Å². The molecular formula is C9H12O5S2. The van der Waals surface area contributed by atoms with E-state index < -0.39 is 27.4 Å². The van der Waals surface area contributed by atoms with Crippen LogP contribution in [0.15, 0.2) is 24.3 Å². The predicted octanol–water partition coefficient (Wildman–Crippen LogP) is 1.18. The molecule has 90 valence electrons. The second kappa shape index (κ2) is 6.09. The van der Waals surface area contributed by atoms with E-state index >= 15 is 0 Å². The number of methoxy groups -OCH3 is 1. The second-order valence-electron chi connectivity index (χ2n) is 3.03. The van der Waals surface area contributed by atoms with E-state index in [0.717, 1.165) is 0 Å². The van der Waals surface area contributed by atoms with Crippen molar-refractivity contribution in [3.63, 3.8) is 0 Å². The lowest BCUT2D eigenvalue weighted by atomic mass is 10.1. The van der Waals surface area contributed by atoms with Gasteiger partial charge in [-0.05, 0) is 17.7 Å². The molecule has 0 amide bonds. The van der Waals surface area contributed by atoms with E-state index in [4.69, 9.17) is 13.8 Å². The fourth-order valence-corrected chi connectivity index (χ4v) is 2.88. The van der Waals surface area contributed by atoms with Gasteiger partial charge in [-0.1, -0.05) is 12.1 Å². The van der Waals surface area contributed by atoms with Crippen LogP contribution in [0.3, 0.4) is 0 Å². The molecule has 16 heavy (non-hydrogen) atoms. The van der Waals surface area contributed by atoms with E-state index in [1.807, 2.05) is 0 Å². The van der Waals surface area contributed by atoms with E-state index in [0.29, 0.717) is 11.3 Å². The average molecular weight is 264 g/mol. The maximum absolute atomic E-state index is 11.0. The largest absolute Gasteiger partial charge is 0.497 e. The Kier molecular flexibility index (Phi) is 5.07. The molecule has 1 aromatic rings. The van der Waals surface area contributed by atoms with Crippen molar-refractivity contribution >= 4 is 22.2 Å². The molecule has 1 rings (SSSR count). The van der Waals surface area contributed by atoms with Gasteiger partial charge in [0.05, 0.1) is 18.1 Å². The average Bonchev–Trinajstić information content (AvgIpc) is 2.25. The Morgan fingerprint density at radius 2 is 1.81 bits per heavy atom. The summed E-state index contributed by atoms with van der Waals surface area (Å²) in [4.78, 5) is 0. The van der Waals surface area contributed by atoms with Crippen molar-refractivity contribution in [3.8, 4) is 5.75 Å². The fourth-order valence-electron chi connectivity index (χ4n) is 1.22. The monoisotopic (exact) mass is 264 g/mol. The van der Waals surface area contributed by atoms with Crippen LogP contribution in [0.5, 0.6) is 5.75 Å². The molecule has 0 spiro atoms. The Morgan fingerprint density at radius 3 is 2.19 bits per heavy atom. The van der Waals surface area contributed by atoms with Gasteiger partial charge in [0, 0.05) is 0 Å². The lowest BCUT2D eigenvalue weighted by molar-refractivity contribution is 0.414. The topological polar surface area (TPSA) is 83.8 Å². The SMILES string of the molecule is COc1ccc(C(CS(=O)O)S(=O)O)cc1. The molecule has 1 aromatic carbocycles. The third-order valence-electron chi connectivity index (χ3n) is 2.02. The predicted molar refractivity (Wildman–Crippen MR) is 62.1 cm³/mol. The maximum atomic E-state index is 11.0. The minimum atomic E-state index is -2.18. The van der Waals surface area contributed by atoms with Gasteiger partial charge in [-0.3, -0.25) is 0 Å². The van der Waals surface area contributed by atoms with Gasteiger partial charge in [0.15, 0.2) is 22.2 Å². The summed E-state index contributed by atoms with van der Waals surface area (Å²) in [5.74, 6) is 0.353. The van der Waals surface area contributed by atoms with Crippen LogP contribution in [0.2, 0.25) is 0 Å². The summed E-state index contributed by atoms with van der Waals surface area (Å²) < 4.78 is 44.4. The van der Waals surface area contributed by atoms with Crippen molar-refractivity contribution in [2.24, 2.45) is 0 Å². The van der Waals surface area contributed by atoms with Gasteiger partial charge in [-0.2, -0.15) is 0 Å². The van der Waals surface area contributed by atoms with Crippen molar-refractivity contribution < 1.29 is 22.3 Å². The van der Waals surface area contributed by atoms with Crippen molar-refractivity contribution in [2.75, 3.05) is 12.9 Å². The lowest BCUT2D eigenvalue weighted by Gasteiger charge is -2.11. The first-order chi connectivity index (χ1) is 7.54. The molecule has 0 fully saturated rings. The second-order valence-corrected chi connectivity index (χ2v) is 5.12. The van der Waals surface area contributed by atoms with Crippen LogP contribution in [0.4, 0.5) is 0 Å². The molecule has 0 radical (unpaired) electrons. The molecule has 0 saturated carbocycles. The molecule has 5 nitrogen and oxygen atoms in total. The van der Waals surface area contributed by atoms with E-state index in [2.05, 4.69) is 0 Å². The highest BCUT2D eigenvalue weighted by Crippen LogP contribution is 2.22. The number of benzene rings is 1. The summed E-state index contributed by atoms with van der Waals surface area (Å²) in [6, 6.07) is 6.47. The minimum absolute atomic E-state index is 0.268. The van der Waals surface area contributed by atoms with Crippen LogP contribution in [0, 0.1) is 0 Å². The van der Waals surface area contributed by atoms with E-state index in [1.165, 1.54) is 7.11 Å². The van der Waals surface area contributed by atoms with Crippen molar-refractivity contribution in [1.29, 1.82) is 0 Å². The molecule has 0 bridgehead atoms. The van der Waals surface area contributed by atoms with Gasteiger partial charge >= 0.3 is 0 Å². The maximum Gasteiger partial charge on any atom is 0.161 e. The van der Waals surface area contributed by atoms with Crippen LogP contribution in [0.25, 0.3) is 0 Å². The summed E-state index contributed by atoms with van der Waals surface area (Å²) in [6.07, 6.45) is 0. The molecule has 0 aromatic heterocycles. The summed E-state index contributed by atoms with van der Waals surface area (Å²) in [5, 5.41) is -0.864. The smallest absolute Gasteiger partial charge is 0.161 e. The summed E-state index contributed by atoms with van der Waals surface area (Å²) in [7, 11) is 1.51. The Labute approximate surface area is 98.4 Å². The number of hydrogen-bond donors (Lipinski definition) is 2. The Balaban J connectivity index is 2.92. The Bertz CT molecular complexity index is 389. The van der Waals surface area contributed by atoms with Gasteiger partial charge in [0.25, 0.3) is 0 Å². The summed E-state index contributed by atoms with van der Waals surface area (Å²) in [5.41, 5.74) is 0.532. The molecule has 3 atom stereocenters. The van der Waals surface area contributed by atoms with Gasteiger partial charge in [0.2, 0.25) is 0 Å². The van der Waals surface area contributed by atoms with Gasteiger partial charge in [-0.15, -0.1) is 0 Å². The van der Waals surface area contributed by atoms with Gasteiger partial charge in [0.1, 0.15) is 5.75 Å². The lowest BCUT2D eigenvalue weighted by Crippen LogP contribution is -2.13. The Hall–Kier alpha value is -0.760. The molecule has 0 aliphatic heterocycles. The third-order valence-corrected chi connectivity index (χ3v) is 3.78. The van der Waals surface area contributed by atoms with Crippen molar-refractivity contribution in [2.45, 2.75) is 5.25 Å². The number of hydrogen-bond acceptors (Lipinski definition) is 3. The quantitative estimate of drug-likeness (QED) is 0.780. The van der Waals surface area contributed by atoms with Crippen LogP contribution >= 0.6 is 0 Å². The highest BCUT2D eigenvalue weighted by Gasteiger charge is 2.20. The van der Waals surface area contributed by atoms with Gasteiger partial charge < -0.3 is 13.8 Å². The normalized spacial score (nSPS) is 16.4. The van der Waals surface area contributed by atoms with Crippen LogP contribution in [-0.4, -0.2) is 30.4 Å². The van der Waals surface area contributed by atoms with Gasteiger partial charge in [-0.25, -0.2) is 8.42 Å². The third kappa shape index (κ3) is 3.67. The number of ether oxygens (including phenoxy) is 1. The standard InChI is InChI=1S/C9H12O5S2/c1-14-8-4-2-7(3-5-8)9(16(12)13)6-15(10)11/h2-5,9H,6H2,1H3,(H,10,11)(H,12,13). The first-order valence-corrected chi connectivity index (χ1v) is 6.80. The zero-order valence-corrected chi connectivity index (χ0v) is 10.2. The summed E-state index contributed by atoms with van der Waals surface area (Å²) >= 11 is -4.29. The van der Waals surface area contributed by atoms with E-state index in [1.54, 1.807) is 24.3 Å². The highest BCUT2D eigenvalue weighted by molar-refractivity contribution is 7.83. The van der Waals surface area contributed by atoms with Crippen molar-refractivity contribution in [1.82, 2.24) is 0 Å². The van der Waals surface area contributed by atoms with Crippen molar-refractivity contribution in [3.05, 3.63) is 29.8 Å². The molecule has 0 aliphatic rings. The first-order valence-electron chi connectivity index (χ1n) is 4.35. The molecular weight excluding hydrogens is 252 g/mol. The molecule has 0 aliphatic carbocycles. The zero-order valence-electron chi connectivity index (χ0n) is 8.53. The molecule has 2 N–H and O–H groups in total. The molecule has 0 heterocycles. The van der Waals surface area contributed by atoms with E-state index in [9.17, 15) is 8.42 Å². The zero-order chi connectivity index (χ0) is 12.1. The highest BCUT2D eigenvalue weighted by atomic mass is 32.2. The number of rotatable bonds is 5. The fraction of sp³-hybridized carbons (Fsp3) is 0.333. The van der Waals surface area contributed by atoms with Crippen LogP contribution in [0.1, 0.15) is 10.8 Å². The molecule has 3 unspecified atom stereocenters. The Morgan fingerprint density at radius 1 is 1.25 bits per heavy atom.